The molecule has 608 valence electrons. The maximum atomic E-state index is 13.7. The van der Waals surface area contributed by atoms with Gasteiger partial charge >= 0.3 is 71.6 Å². The minimum atomic E-state index is -1.70. The first-order valence-corrected chi connectivity index (χ1v) is 33.7. The molecule has 3 aromatic rings. The van der Waals surface area contributed by atoms with Crippen LogP contribution in [0.5, 0.6) is 0 Å². The van der Waals surface area contributed by atoms with E-state index in [2.05, 4.69) is 46.3 Å². The Kier molecular flexibility index (Phi) is 35.0. The molecule has 3 aromatic heterocycles. The summed E-state index contributed by atoms with van der Waals surface area (Å²) in [6.45, 7) is 7.54. The summed E-state index contributed by atoms with van der Waals surface area (Å²) in [6.07, 6.45) is -17.4. The number of hydrogen-bond acceptors (Lipinski definition) is 41. The molecule has 47 nitrogen and oxygen atoms in total. The van der Waals surface area contributed by atoms with E-state index in [4.69, 9.17) is 99.5 Å². The van der Waals surface area contributed by atoms with Crippen molar-refractivity contribution >= 4 is 77.5 Å². The number of esters is 12. The van der Waals surface area contributed by atoms with Gasteiger partial charge in [-0.3, -0.25) is 62.3 Å². The van der Waals surface area contributed by atoms with E-state index in [0.29, 0.717) is 0 Å². The van der Waals surface area contributed by atoms with Crippen LogP contribution in [0, 0.1) is 0 Å². The van der Waals surface area contributed by atoms with Gasteiger partial charge in [0.1, 0.15) is 67.3 Å². The molecule has 3 aliphatic rings. The monoisotopic (exact) mass is 1570 g/mol. The van der Waals surface area contributed by atoms with Crippen LogP contribution in [-0.4, -0.2) is 286 Å². The summed E-state index contributed by atoms with van der Waals surface area (Å²) in [7, 11) is 0. The lowest BCUT2D eigenvalue weighted by atomic mass is 9.98. The van der Waals surface area contributed by atoms with Gasteiger partial charge in [-0.1, -0.05) is 20.8 Å². The number of hydrogen-bond donors (Lipinski definition) is 1. The Morgan fingerprint density at radius 3 is 0.900 bits per heavy atom. The summed E-state index contributed by atoms with van der Waals surface area (Å²) in [5.74, 6) is -10.6. The highest BCUT2D eigenvalue weighted by Gasteiger charge is 2.56. The number of azide groups is 1. The van der Waals surface area contributed by atoms with Crippen molar-refractivity contribution in [3.05, 3.63) is 46.1 Å². The third-order valence-corrected chi connectivity index (χ3v) is 15.0. The normalized spacial score (nSPS) is 23.6. The molecule has 0 aliphatic carbocycles. The number of nitrogens with zero attached hydrogens (tertiary/aromatic N) is 12. The first-order chi connectivity index (χ1) is 52.2. The Morgan fingerprint density at radius 2 is 0.655 bits per heavy atom. The second-order valence-corrected chi connectivity index (χ2v) is 24.4. The average Bonchev–Trinajstić information content (AvgIpc) is 0.939. The number of carbonyl (C=O) groups excluding carboxylic acids is 13. The van der Waals surface area contributed by atoms with Crippen LogP contribution in [0.25, 0.3) is 10.4 Å². The van der Waals surface area contributed by atoms with Gasteiger partial charge in [-0.05, 0) is 5.53 Å². The van der Waals surface area contributed by atoms with Gasteiger partial charge in [0.2, 0.25) is 5.91 Å². The van der Waals surface area contributed by atoms with E-state index < -0.39 is 221 Å². The second kappa shape index (κ2) is 43.6. The molecule has 0 aromatic carbocycles. The second-order valence-electron chi connectivity index (χ2n) is 24.4. The number of aromatic nitrogens is 9. The van der Waals surface area contributed by atoms with E-state index in [9.17, 15) is 67.9 Å². The topological polar surface area (TPSA) is 569 Å². The quantitative estimate of drug-likeness (QED) is 0.0208. The van der Waals surface area contributed by atoms with E-state index in [-0.39, 0.29) is 76.4 Å². The molecule has 3 saturated heterocycles. The third-order valence-electron chi connectivity index (χ3n) is 15.0. The van der Waals surface area contributed by atoms with Crippen molar-refractivity contribution in [2.45, 2.75) is 220 Å². The number of ether oxygens (including phenoxy) is 21. The lowest BCUT2D eigenvalue weighted by molar-refractivity contribution is -0.308. The predicted molar refractivity (Wildman–Crippen MR) is 348 cm³/mol. The highest BCUT2D eigenvalue weighted by atomic mass is 16.8. The van der Waals surface area contributed by atoms with Gasteiger partial charge in [0.15, 0.2) is 73.8 Å². The Morgan fingerprint density at radius 1 is 0.400 bits per heavy atom. The largest absolute Gasteiger partial charge is 0.463 e. The molecule has 6 rings (SSSR count). The van der Waals surface area contributed by atoms with E-state index in [1.807, 2.05) is 0 Å². The number of rotatable bonds is 42. The van der Waals surface area contributed by atoms with Gasteiger partial charge in [0.25, 0.3) is 0 Å². The Labute approximate surface area is 625 Å². The van der Waals surface area contributed by atoms with Crippen molar-refractivity contribution in [3.63, 3.8) is 0 Å². The van der Waals surface area contributed by atoms with Crippen LogP contribution in [0.3, 0.4) is 0 Å². The van der Waals surface area contributed by atoms with Crippen LogP contribution >= 0.6 is 0 Å². The fraction of sp³-hybridized carbons (Fsp3) is 0.698. The molecule has 47 heteroatoms. The zero-order valence-corrected chi connectivity index (χ0v) is 62.0. The highest BCUT2D eigenvalue weighted by Crippen LogP contribution is 2.34. The fourth-order valence-corrected chi connectivity index (χ4v) is 11.0. The summed E-state index contributed by atoms with van der Waals surface area (Å²) in [5, 5.41) is 31.1. The maximum absolute atomic E-state index is 13.7. The van der Waals surface area contributed by atoms with Crippen LogP contribution in [0.15, 0.2) is 23.7 Å². The van der Waals surface area contributed by atoms with Gasteiger partial charge in [0, 0.05) is 88.0 Å². The minimum absolute atomic E-state index is 0.0684. The van der Waals surface area contributed by atoms with E-state index in [1.165, 1.54) is 32.6 Å². The summed E-state index contributed by atoms with van der Waals surface area (Å²) in [6, 6.07) is 0. The van der Waals surface area contributed by atoms with Crippen LogP contribution in [0.4, 0.5) is 0 Å². The molecule has 6 heterocycles. The standard InChI is InChI=1S/C63H87N13O34/c1-32(77)96-26-47-51(99-35(4)80)54(102-38(7)83)57(105-41(10)86)60(108-47)93-16-13-74-20-44(67-71-74)23-90-29-63(66-50(89)19-65-70-64,30-91-24-45-21-75(72-68-45)14-17-94-61-58(106-42(11)87)55(103-39(8)84)52(100-36(5)81)48(109-61)27-97-33(2)78)31-92-25-46-22-76(73-69-46)15-18-95-62-59(107-43(12)88)56(104-40(9)85)53(101-37(6)82)49(110-62)28-98-34(3)79/h20-22,47-49,51-62H,13-19,23-31H2,1-12H3,(H,66,89)/t47-,48-,49-,51-,52-,53-,54+,55+,56+,57+,58+,59+,60+,61+,62+/m1/s1. The van der Waals surface area contributed by atoms with E-state index >= 15 is 0 Å². The molecule has 0 spiro atoms. The lowest BCUT2D eigenvalue weighted by Crippen LogP contribution is -2.63. The van der Waals surface area contributed by atoms with Crippen LogP contribution in [0.1, 0.15) is 100 Å². The summed E-state index contributed by atoms with van der Waals surface area (Å²) < 4.78 is 123. The molecule has 0 saturated carbocycles. The molecular weight excluding hydrogens is 1480 g/mol. The van der Waals surface area contributed by atoms with Crippen LogP contribution < -0.4 is 5.32 Å². The highest BCUT2D eigenvalue weighted by molar-refractivity contribution is 5.79. The Bertz CT molecular complexity index is 3350. The minimum Gasteiger partial charge on any atom is -0.463 e. The Balaban J connectivity index is 1.20. The van der Waals surface area contributed by atoms with Crippen molar-refractivity contribution in [1.29, 1.82) is 0 Å². The molecule has 0 radical (unpaired) electrons. The molecule has 1 amide bonds. The van der Waals surface area contributed by atoms with Crippen molar-refractivity contribution in [3.8, 4) is 0 Å². The molecule has 1 N–H and O–H groups in total. The van der Waals surface area contributed by atoms with Gasteiger partial charge in [-0.15, -0.1) is 15.3 Å². The van der Waals surface area contributed by atoms with Crippen LogP contribution in [0.2, 0.25) is 0 Å². The Hall–Kier alpha value is -10.5. The average molecular weight is 1570 g/mol. The zero-order chi connectivity index (χ0) is 80.8. The zero-order valence-electron chi connectivity index (χ0n) is 62.0. The summed E-state index contributed by atoms with van der Waals surface area (Å²) >= 11 is 0. The maximum Gasteiger partial charge on any atom is 0.303 e. The van der Waals surface area contributed by atoms with Gasteiger partial charge in [-0.2, -0.15) is 0 Å². The molecule has 0 unspecified atom stereocenters. The fourth-order valence-electron chi connectivity index (χ4n) is 11.0. The molecular formula is C63H87N13O34. The number of carbonyl (C=O) groups is 13. The first kappa shape index (κ1) is 88.4. The number of nitrogens with one attached hydrogen (secondary N) is 1. The molecule has 15 atom stereocenters. The SMILES string of the molecule is CC(=O)OC[C@H]1O[C@H](OCCn2cc(COCC(COCc3cn(CCO[C@H]4O[C@H](COC(C)=O)[C@@H](OC(C)=O)[C@H](OC(C)=O)[C@@H]4OC(C)=O)nn3)(COCc3cn(CCO[C@H]4O[C@H](COC(C)=O)[C@@H](OC(C)=O)[C@H](OC(C)=O)[C@@H]4OC(C)=O)nn3)NC(=O)CN=[N+]=[N-])nn2)[C@@H](OC(C)=O)[C@@H](OC(C)=O)[C@@H]1OC(C)=O. The van der Waals surface area contributed by atoms with Gasteiger partial charge < -0.3 is 105 Å². The molecule has 3 aliphatic heterocycles. The van der Waals surface area contributed by atoms with Crippen molar-refractivity contribution in [2.24, 2.45) is 5.11 Å². The van der Waals surface area contributed by atoms with Gasteiger partial charge in [-0.25, -0.2) is 14.0 Å². The lowest BCUT2D eigenvalue weighted by Gasteiger charge is -2.44. The molecule has 3 fully saturated rings. The third kappa shape index (κ3) is 29.5. The van der Waals surface area contributed by atoms with Crippen molar-refractivity contribution in [2.75, 3.05) is 66.0 Å². The molecule has 110 heavy (non-hydrogen) atoms. The summed E-state index contributed by atoms with van der Waals surface area (Å²) in [5.41, 5.74) is 8.13. The van der Waals surface area contributed by atoms with Crippen molar-refractivity contribution < 1.29 is 162 Å². The first-order valence-electron chi connectivity index (χ1n) is 33.7. The van der Waals surface area contributed by atoms with E-state index in [1.54, 1.807) is 0 Å². The van der Waals surface area contributed by atoms with E-state index in [0.717, 1.165) is 83.1 Å². The van der Waals surface area contributed by atoms with Crippen molar-refractivity contribution in [1.82, 2.24) is 50.3 Å². The number of amides is 1. The predicted octanol–water partition coefficient (Wildman–Crippen LogP) is -2.12. The molecule has 0 bridgehead atoms. The van der Waals surface area contributed by atoms with Crippen LogP contribution in [-0.2, 0) is 201 Å². The smallest absolute Gasteiger partial charge is 0.303 e. The van der Waals surface area contributed by atoms with Gasteiger partial charge in [0.05, 0.1) is 97.7 Å². The summed E-state index contributed by atoms with van der Waals surface area (Å²) in [4.78, 5) is 163.